The smallest absolute Gasteiger partial charge is 0.259 e. The second-order valence-corrected chi connectivity index (χ2v) is 3.78. The van der Waals surface area contributed by atoms with Crippen molar-refractivity contribution in [3.63, 3.8) is 0 Å². The first kappa shape index (κ1) is 11.3. The largest absolute Gasteiger partial charge is 0.495 e. The van der Waals surface area contributed by atoms with E-state index in [-0.39, 0.29) is 12.5 Å². The van der Waals surface area contributed by atoms with Crippen molar-refractivity contribution in [1.29, 1.82) is 0 Å². The van der Waals surface area contributed by atoms with Crippen molar-refractivity contribution in [2.24, 2.45) is 5.10 Å². The van der Waals surface area contributed by atoms with Crippen LogP contribution in [0.2, 0.25) is 0 Å². The van der Waals surface area contributed by atoms with Crippen LogP contribution in [0.3, 0.4) is 0 Å². The molecule has 0 fully saturated rings. The Morgan fingerprint density at radius 3 is 2.94 bits per heavy atom. The van der Waals surface area contributed by atoms with E-state index in [0.29, 0.717) is 17.3 Å². The summed E-state index contributed by atoms with van der Waals surface area (Å²) in [4.78, 5) is 12.9. The molecular weight excluding hydrogens is 220 g/mol. The van der Waals surface area contributed by atoms with Crippen molar-refractivity contribution in [3.05, 3.63) is 23.8 Å². The highest BCUT2D eigenvalue weighted by Crippen LogP contribution is 2.23. The number of anilines is 1. The maximum absolute atomic E-state index is 11.1. The van der Waals surface area contributed by atoms with E-state index < -0.39 is 0 Å². The number of rotatable bonds is 2. The minimum atomic E-state index is -0.126. The predicted octanol–water partition coefficient (Wildman–Crippen LogP) is 0.000600. The first-order valence-electron chi connectivity index (χ1n) is 5.13. The van der Waals surface area contributed by atoms with Gasteiger partial charge in [-0.25, -0.2) is 5.43 Å². The number of hydrogen-bond acceptors (Lipinski definition) is 5. The Hall–Kier alpha value is -2.24. The SMILES string of the molecule is COc1cc(C2=NNC(=O)CN2C)ccc1N. The number of nitrogen functional groups attached to an aromatic ring is 1. The van der Waals surface area contributed by atoms with Crippen molar-refractivity contribution >= 4 is 17.4 Å². The molecule has 0 radical (unpaired) electrons. The Balaban J connectivity index is 2.37. The van der Waals surface area contributed by atoms with Crippen LogP contribution in [-0.4, -0.2) is 37.3 Å². The van der Waals surface area contributed by atoms with E-state index in [4.69, 9.17) is 10.5 Å². The minimum Gasteiger partial charge on any atom is -0.495 e. The number of hydrogen-bond donors (Lipinski definition) is 2. The Morgan fingerprint density at radius 2 is 2.29 bits per heavy atom. The molecule has 1 aromatic rings. The molecule has 0 spiro atoms. The molecule has 1 heterocycles. The molecule has 1 aliphatic rings. The first-order valence-corrected chi connectivity index (χ1v) is 5.13. The van der Waals surface area contributed by atoms with Crippen LogP contribution < -0.4 is 15.9 Å². The molecule has 0 unspecified atom stereocenters. The Labute approximate surface area is 99.0 Å². The number of likely N-dealkylation sites (N-methyl/N-ethyl adjacent to an activating group) is 1. The lowest BCUT2D eigenvalue weighted by molar-refractivity contribution is -0.121. The fourth-order valence-electron chi connectivity index (χ4n) is 1.66. The van der Waals surface area contributed by atoms with Crippen molar-refractivity contribution in [3.8, 4) is 5.75 Å². The van der Waals surface area contributed by atoms with Gasteiger partial charge in [-0.2, -0.15) is 5.10 Å². The van der Waals surface area contributed by atoms with Crippen molar-refractivity contribution < 1.29 is 9.53 Å². The lowest BCUT2D eigenvalue weighted by Crippen LogP contribution is -2.43. The highest BCUT2D eigenvalue weighted by Gasteiger charge is 2.19. The molecule has 1 aromatic carbocycles. The summed E-state index contributed by atoms with van der Waals surface area (Å²) in [5.74, 6) is 1.15. The summed E-state index contributed by atoms with van der Waals surface area (Å²) in [6.07, 6.45) is 0. The van der Waals surface area contributed by atoms with Crippen LogP contribution in [0.25, 0.3) is 0 Å². The van der Waals surface area contributed by atoms with E-state index in [9.17, 15) is 4.79 Å². The molecule has 2 rings (SSSR count). The predicted molar refractivity (Wildman–Crippen MR) is 64.7 cm³/mol. The number of ether oxygens (including phenoxy) is 1. The monoisotopic (exact) mass is 234 g/mol. The fraction of sp³-hybridized carbons (Fsp3) is 0.273. The lowest BCUT2D eigenvalue weighted by atomic mass is 10.1. The number of benzene rings is 1. The zero-order chi connectivity index (χ0) is 12.4. The number of carbonyl (C=O) groups is 1. The number of methoxy groups -OCH3 is 1. The van der Waals surface area contributed by atoms with Crippen molar-refractivity contribution in [2.45, 2.75) is 0 Å². The number of nitrogens with one attached hydrogen (secondary N) is 1. The quantitative estimate of drug-likeness (QED) is 0.706. The van der Waals surface area contributed by atoms with Gasteiger partial charge in [0.15, 0.2) is 5.84 Å². The molecule has 0 aliphatic carbocycles. The molecule has 6 nitrogen and oxygen atoms in total. The van der Waals surface area contributed by atoms with Crippen LogP contribution in [0.1, 0.15) is 5.56 Å². The molecule has 0 saturated heterocycles. The van der Waals surface area contributed by atoms with Gasteiger partial charge in [-0.05, 0) is 18.2 Å². The second-order valence-electron chi connectivity index (χ2n) is 3.78. The maximum Gasteiger partial charge on any atom is 0.259 e. The normalized spacial score (nSPS) is 15.3. The molecule has 0 saturated carbocycles. The van der Waals surface area contributed by atoms with E-state index in [2.05, 4.69) is 10.5 Å². The van der Waals surface area contributed by atoms with Crippen LogP contribution in [0, 0.1) is 0 Å². The summed E-state index contributed by atoms with van der Waals surface area (Å²) in [6.45, 7) is 0.283. The van der Waals surface area contributed by atoms with Gasteiger partial charge in [0.25, 0.3) is 5.91 Å². The van der Waals surface area contributed by atoms with Gasteiger partial charge >= 0.3 is 0 Å². The molecule has 3 N–H and O–H groups in total. The van der Waals surface area contributed by atoms with Crippen LogP contribution in [0.5, 0.6) is 5.75 Å². The third-order valence-electron chi connectivity index (χ3n) is 2.52. The van der Waals surface area contributed by atoms with Crippen LogP contribution in [0.15, 0.2) is 23.3 Å². The van der Waals surface area contributed by atoms with Crippen LogP contribution in [0.4, 0.5) is 5.69 Å². The molecule has 1 amide bonds. The van der Waals surface area contributed by atoms with E-state index in [1.54, 1.807) is 31.2 Å². The number of carbonyl (C=O) groups excluding carboxylic acids is 1. The summed E-state index contributed by atoms with van der Waals surface area (Å²) < 4.78 is 5.15. The Kier molecular flexibility index (Phi) is 2.86. The van der Waals surface area contributed by atoms with E-state index in [1.165, 1.54) is 0 Å². The molecule has 17 heavy (non-hydrogen) atoms. The van der Waals surface area contributed by atoms with Gasteiger partial charge in [0, 0.05) is 12.6 Å². The van der Waals surface area contributed by atoms with Gasteiger partial charge in [0.2, 0.25) is 0 Å². The van der Waals surface area contributed by atoms with E-state index in [0.717, 1.165) is 5.56 Å². The third-order valence-corrected chi connectivity index (χ3v) is 2.52. The average Bonchev–Trinajstić information content (AvgIpc) is 2.30. The first-order chi connectivity index (χ1) is 8.11. The molecule has 0 bridgehead atoms. The van der Waals surface area contributed by atoms with Crippen LogP contribution in [-0.2, 0) is 4.79 Å². The maximum atomic E-state index is 11.1. The summed E-state index contributed by atoms with van der Waals surface area (Å²) >= 11 is 0. The summed E-state index contributed by atoms with van der Waals surface area (Å²) in [5.41, 5.74) is 9.60. The number of nitrogens with two attached hydrogens (primary N) is 1. The number of amidine groups is 1. The number of nitrogens with zero attached hydrogens (tertiary/aromatic N) is 2. The highest BCUT2D eigenvalue weighted by molar-refractivity contribution is 6.03. The van der Waals surface area contributed by atoms with Gasteiger partial charge in [0.1, 0.15) is 5.75 Å². The topological polar surface area (TPSA) is 80.0 Å². The molecule has 6 heteroatoms. The van der Waals surface area contributed by atoms with Crippen molar-refractivity contribution in [2.75, 3.05) is 26.4 Å². The van der Waals surface area contributed by atoms with Gasteiger partial charge in [-0.3, -0.25) is 4.79 Å². The Morgan fingerprint density at radius 1 is 1.53 bits per heavy atom. The van der Waals surface area contributed by atoms with E-state index in [1.807, 2.05) is 6.07 Å². The lowest BCUT2D eigenvalue weighted by Gasteiger charge is -2.24. The Bertz CT molecular complexity index is 484. The summed E-state index contributed by atoms with van der Waals surface area (Å²) in [7, 11) is 3.37. The van der Waals surface area contributed by atoms with E-state index >= 15 is 0 Å². The average molecular weight is 234 g/mol. The van der Waals surface area contributed by atoms with Gasteiger partial charge in [0.05, 0.1) is 19.3 Å². The molecule has 1 aliphatic heterocycles. The summed E-state index contributed by atoms with van der Waals surface area (Å²) in [5, 5.41) is 4.01. The fourth-order valence-corrected chi connectivity index (χ4v) is 1.66. The third kappa shape index (κ3) is 2.15. The van der Waals surface area contributed by atoms with Gasteiger partial charge < -0.3 is 15.4 Å². The molecular formula is C11H14N4O2. The van der Waals surface area contributed by atoms with Gasteiger partial charge in [-0.15, -0.1) is 0 Å². The minimum absolute atomic E-state index is 0.126. The standard InChI is InChI=1S/C11H14N4O2/c1-15-6-10(16)13-14-11(15)7-3-4-8(12)9(5-7)17-2/h3-5H,6,12H2,1-2H3,(H,13,16). The number of hydrazone groups is 1. The van der Waals surface area contributed by atoms with Gasteiger partial charge in [-0.1, -0.05) is 0 Å². The second kappa shape index (κ2) is 4.32. The zero-order valence-corrected chi connectivity index (χ0v) is 9.73. The molecule has 0 atom stereocenters. The molecule has 0 aromatic heterocycles. The van der Waals surface area contributed by atoms with Crippen LogP contribution >= 0.6 is 0 Å². The van der Waals surface area contributed by atoms with Crippen molar-refractivity contribution in [1.82, 2.24) is 10.3 Å². The highest BCUT2D eigenvalue weighted by atomic mass is 16.5. The number of amides is 1. The zero-order valence-electron chi connectivity index (χ0n) is 9.73. The molecule has 90 valence electrons. The summed E-state index contributed by atoms with van der Waals surface area (Å²) in [6, 6.07) is 5.38.